The monoisotopic (exact) mass is 327 g/mol. The van der Waals surface area contributed by atoms with Crippen LogP contribution >= 0.6 is 0 Å². The summed E-state index contributed by atoms with van der Waals surface area (Å²) in [5.74, 6) is -1.65. The first-order valence-corrected chi connectivity index (χ1v) is 7.04. The van der Waals surface area contributed by atoms with Crippen LogP contribution in [0.15, 0.2) is 29.2 Å². The Bertz CT molecular complexity index is 627. The predicted molar refractivity (Wildman–Crippen MR) is 64.9 cm³/mol. The number of carboxylic acids is 1. The molecule has 1 aromatic rings. The lowest BCUT2D eigenvalue weighted by Crippen LogP contribution is -2.47. The Kier molecular flexibility index (Phi) is 4.97. The molecule has 0 amide bonds. The fourth-order valence-corrected chi connectivity index (χ4v) is 2.74. The van der Waals surface area contributed by atoms with Crippen LogP contribution in [0.3, 0.4) is 0 Å². The zero-order valence-corrected chi connectivity index (χ0v) is 11.4. The largest absolute Gasteiger partial charge is 0.480 e. The number of benzene rings is 1. The number of aliphatic hydroxyl groups excluding tert-OH is 1. The van der Waals surface area contributed by atoms with Crippen LogP contribution < -0.4 is 4.72 Å². The standard InChI is InChI=1S/C11H12F3NO5S/c1-6(16)9(10(17)18)15-21(19,20)8-4-2-3-7(5-8)11(12,13)14/h2-6,9,15-16H,1H3,(H,17,18). The highest BCUT2D eigenvalue weighted by Gasteiger charge is 2.33. The Morgan fingerprint density at radius 2 is 1.90 bits per heavy atom. The summed E-state index contributed by atoms with van der Waals surface area (Å²) in [7, 11) is -4.52. The Morgan fingerprint density at radius 1 is 1.33 bits per heavy atom. The van der Waals surface area contributed by atoms with Crippen LogP contribution in [-0.4, -0.2) is 36.7 Å². The molecular weight excluding hydrogens is 315 g/mol. The number of carbonyl (C=O) groups is 1. The Labute approximate surface area is 118 Å². The maximum absolute atomic E-state index is 12.5. The number of aliphatic hydroxyl groups is 1. The molecule has 0 radical (unpaired) electrons. The quantitative estimate of drug-likeness (QED) is 0.743. The Balaban J connectivity index is 3.17. The molecular formula is C11H12F3NO5S. The van der Waals surface area contributed by atoms with E-state index in [1.807, 2.05) is 0 Å². The second kappa shape index (κ2) is 6.00. The van der Waals surface area contributed by atoms with Crippen LogP contribution in [0.1, 0.15) is 12.5 Å². The third kappa shape index (κ3) is 4.41. The van der Waals surface area contributed by atoms with E-state index in [2.05, 4.69) is 0 Å². The maximum Gasteiger partial charge on any atom is 0.416 e. The minimum absolute atomic E-state index is 0.378. The van der Waals surface area contributed by atoms with Crippen molar-refractivity contribution in [1.82, 2.24) is 4.72 Å². The van der Waals surface area contributed by atoms with E-state index in [-0.39, 0.29) is 0 Å². The van der Waals surface area contributed by atoms with E-state index in [9.17, 15) is 31.5 Å². The van der Waals surface area contributed by atoms with Gasteiger partial charge in [-0.15, -0.1) is 0 Å². The number of sulfonamides is 1. The molecule has 2 atom stereocenters. The van der Waals surface area contributed by atoms with Gasteiger partial charge in [-0.05, 0) is 25.1 Å². The topological polar surface area (TPSA) is 104 Å². The molecule has 10 heteroatoms. The van der Waals surface area contributed by atoms with Crippen molar-refractivity contribution in [3.8, 4) is 0 Å². The first-order chi connectivity index (χ1) is 9.45. The molecule has 0 aliphatic heterocycles. The van der Waals surface area contributed by atoms with Gasteiger partial charge in [-0.1, -0.05) is 6.07 Å². The summed E-state index contributed by atoms with van der Waals surface area (Å²) in [5, 5.41) is 18.0. The van der Waals surface area contributed by atoms with Crippen molar-refractivity contribution in [2.24, 2.45) is 0 Å². The van der Waals surface area contributed by atoms with Gasteiger partial charge < -0.3 is 10.2 Å². The lowest BCUT2D eigenvalue weighted by atomic mass is 10.2. The molecule has 2 unspecified atom stereocenters. The SMILES string of the molecule is CC(O)C(NS(=O)(=O)c1cccc(C(F)(F)F)c1)C(=O)O. The van der Waals surface area contributed by atoms with Gasteiger partial charge in [-0.25, -0.2) is 8.42 Å². The highest BCUT2D eigenvalue weighted by molar-refractivity contribution is 7.89. The van der Waals surface area contributed by atoms with E-state index in [0.29, 0.717) is 12.1 Å². The van der Waals surface area contributed by atoms with Gasteiger partial charge in [0.25, 0.3) is 0 Å². The van der Waals surface area contributed by atoms with Crippen molar-refractivity contribution >= 4 is 16.0 Å². The number of rotatable bonds is 5. The van der Waals surface area contributed by atoms with Crippen LogP contribution in [0.4, 0.5) is 13.2 Å². The van der Waals surface area contributed by atoms with Gasteiger partial charge in [-0.2, -0.15) is 17.9 Å². The van der Waals surface area contributed by atoms with Crippen LogP contribution in [0.2, 0.25) is 0 Å². The van der Waals surface area contributed by atoms with Crippen molar-refractivity contribution in [2.45, 2.75) is 30.1 Å². The minimum Gasteiger partial charge on any atom is -0.480 e. The first kappa shape index (κ1) is 17.4. The molecule has 6 nitrogen and oxygen atoms in total. The number of hydrogen-bond acceptors (Lipinski definition) is 4. The van der Waals surface area contributed by atoms with Crippen LogP contribution in [-0.2, 0) is 21.0 Å². The zero-order chi connectivity index (χ0) is 16.4. The average Bonchev–Trinajstić information content (AvgIpc) is 2.34. The van der Waals surface area contributed by atoms with E-state index in [0.717, 1.165) is 19.1 Å². The van der Waals surface area contributed by atoms with Gasteiger partial charge in [0.05, 0.1) is 16.6 Å². The highest BCUT2D eigenvalue weighted by Crippen LogP contribution is 2.30. The summed E-state index contributed by atoms with van der Waals surface area (Å²) in [6.07, 6.45) is -6.30. The number of halogens is 3. The first-order valence-electron chi connectivity index (χ1n) is 5.55. The molecule has 0 spiro atoms. The minimum atomic E-state index is -4.73. The fraction of sp³-hybridized carbons (Fsp3) is 0.364. The van der Waals surface area contributed by atoms with Crippen LogP contribution in [0.5, 0.6) is 0 Å². The second-order valence-electron chi connectivity index (χ2n) is 4.20. The summed E-state index contributed by atoms with van der Waals surface area (Å²) in [4.78, 5) is 10.1. The number of hydrogen-bond donors (Lipinski definition) is 3. The number of nitrogens with one attached hydrogen (secondary N) is 1. The Hall–Kier alpha value is -1.65. The van der Waals surface area contributed by atoms with E-state index in [4.69, 9.17) is 5.11 Å². The third-order valence-electron chi connectivity index (χ3n) is 2.50. The van der Waals surface area contributed by atoms with Gasteiger partial charge in [0.1, 0.15) is 6.04 Å². The average molecular weight is 327 g/mol. The molecule has 1 rings (SSSR count). The summed E-state index contributed by atoms with van der Waals surface area (Å²) in [5.41, 5.74) is -1.19. The summed E-state index contributed by atoms with van der Waals surface area (Å²) < 4.78 is 63.0. The van der Waals surface area contributed by atoms with Crippen LogP contribution in [0.25, 0.3) is 0 Å². The molecule has 0 saturated heterocycles. The molecule has 0 aliphatic rings. The second-order valence-corrected chi connectivity index (χ2v) is 5.92. The molecule has 0 heterocycles. The van der Waals surface area contributed by atoms with Gasteiger partial charge >= 0.3 is 12.1 Å². The zero-order valence-electron chi connectivity index (χ0n) is 10.6. The van der Waals surface area contributed by atoms with Gasteiger partial charge in [-0.3, -0.25) is 4.79 Å². The fourth-order valence-electron chi connectivity index (χ4n) is 1.43. The number of carboxylic acid groups (broad SMARTS) is 1. The van der Waals surface area contributed by atoms with E-state index in [1.165, 1.54) is 0 Å². The molecule has 0 bridgehead atoms. The normalized spacial score (nSPS) is 15.5. The van der Waals surface area contributed by atoms with Crippen molar-refractivity contribution in [3.05, 3.63) is 29.8 Å². The number of alkyl halides is 3. The van der Waals surface area contributed by atoms with Crippen molar-refractivity contribution in [3.63, 3.8) is 0 Å². The smallest absolute Gasteiger partial charge is 0.416 e. The summed E-state index contributed by atoms with van der Waals surface area (Å²) in [6.45, 7) is 1.04. The van der Waals surface area contributed by atoms with Crippen molar-refractivity contribution < 1.29 is 36.6 Å². The van der Waals surface area contributed by atoms with Crippen molar-refractivity contribution in [1.29, 1.82) is 0 Å². The Morgan fingerprint density at radius 3 is 2.33 bits per heavy atom. The molecule has 1 aromatic carbocycles. The summed E-state index contributed by atoms with van der Waals surface area (Å²) >= 11 is 0. The predicted octanol–water partition coefficient (Wildman–Crippen LogP) is 0.818. The van der Waals surface area contributed by atoms with Gasteiger partial charge in [0.15, 0.2) is 0 Å². The van der Waals surface area contributed by atoms with Crippen LogP contribution in [0, 0.1) is 0 Å². The highest BCUT2D eigenvalue weighted by atomic mass is 32.2. The number of aliphatic carboxylic acids is 1. The molecule has 0 aliphatic carbocycles. The van der Waals surface area contributed by atoms with Gasteiger partial charge in [0.2, 0.25) is 10.0 Å². The molecule has 0 saturated carbocycles. The molecule has 0 fully saturated rings. The lowest BCUT2D eigenvalue weighted by Gasteiger charge is -2.17. The summed E-state index contributed by atoms with van der Waals surface area (Å²) in [6, 6.07) is 0.962. The molecule has 118 valence electrons. The molecule has 3 N–H and O–H groups in total. The van der Waals surface area contributed by atoms with Gasteiger partial charge in [0, 0.05) is 0 Å². The maximum atomic E-state index is 12.5. The van der Waals surface area contributed by atoms with E-state index < -0.39 is 44.8 Å². The molecule has 21 heavy (non-hydrogen) atoms. The third-order valence-corrected chi connectivity index (χ3v) is 3.94. The van der Waals surface area contributed by atoms with E-state index in [1.54, 1.807) is 4.72 Å². The lowest BCUT2D eigenvalue weighted by molar-refractivity contribution is -0.141. The van der Waals surface area contributed by atoms with Crippen molar-refractivity contribution in [2.75, 3.05) is 0 Å². The molecule has 0 aromatic heterocycles. The van der Waals surface area contributed by atoms with E-state index >= 15 is 0 Å².